The first-order chi connectivity index (χ1) is 11.7. The second-order valence-electron chi connectivity index (χ2n) is 5.84. The largest absolute Gasteiger partial charge is 0.479 e. The lowest BCUT2D eigenvalue weighted by molar-refractivity contribution is -0.167. The number of hydrogen-bond acceptors (Lipinski definition) is 5. The number of ether oxygens (including phenoxy) is 1. The predicted molar refractivity (Wildman–Crippen MR) is 94.9 cm³/mol. The quantitative estimate of drug-likeness (QED) is 0.620. The molecule has 6 nitrogen and oxygen atoms in total. The lowest BCUT2D eigenvalue weighted by atomic mass is 9.98. The molecule has 0 aromatic heterocycles. The third-order valence-electron chi connectivity index (χ3n) is 4.33. The van der Waals surface area contributed by atoms with E-state index in [9.17, 15) is 14.7 Å². The Morgan fingerprint density at radius 1 is 0.880 bits per heavy atom. The van der Waals surface area contributed by atoms with Crippen molar-refractivity contribution in [3.8, 4) is 0 Å². The minimum atomic E-state index is -1.50. The number of rotatable bonds is 8. The van der Waals surface area contributed by atoms with Gasteiger partial charge in [0.05, 0.1) is 0 Å². The van der Waals surface area contributed by atoms with E-state index in [1.54, 1.807) is 27.7 Å². The monoisotopic (exact) mass is 354 g/mol. The van der Waals surface area contributed by atoms with Crippen molar-refractivity contribution >= 4 is 11.9 Å². The minimum Gasteiger partial charge on any atom is -0.479 e. The summed E-state index contributed by atoms with van der Waals surface area (Å²) in [6.07, 6.45) is 1.27. The van der Waals surface area contributed by atoms with Crippen molar-refractivity contribution in [2.75, 3.05) is 0 Å². The van der Waals surface area contributed by atoms with Gasteiger partial charge in [0, 0.05) is 0 Å². The van der Waals surface area contributed by atoms with Crippen LogP contribution >= 0.6 is 0 Å². The van der Waals surface area contributed by atoms with E-state index in [2.05, 4.69) is 0 Å². The maximum absolute atomic E-state index is 11.6. The number of carbonyl (C=O) groups is 2. The molecule has 0 heterocycles. The smallest absolute Gasteiger partial charge is 0.338 e. The van der Waals surface area contributed by atoms with Crippen LogP contribution in [-0.4, -0.2) is 38.5 Å². The van der Waals surface area contributed by atoms with Gasteiger partial charge in [-0.2, -0.15) is 0 Å². The number of aliphatic carboxylic acids is 1. The molecule has 0 unspecified atom stereocenters. The summed E-state index contributed by atoms with van der Waals surface area (Å²) in [6, 6.07) is 9.43. The summed E-state index contributed by atoms with van der Waals surface area (Å²) < 4.78 is 5.09. The Hall–Kier alpha value is -1.92. The number of hydrogen-bond donors (Lipinski definition) is 3. The molecule has 1 rings (SSSR count). The molecule has 6 heteroatoms. The fraction of sp³-hybridized carbons (Fsp3) is 0.579. The third-order valence-corrected chi connectivity index (χ3v) is 4.33. The summed E-state index contributed by atoms with van der Waals surface area (Å²) in [5, 5.41) is 27.4. The standard InChI is InChI=1S/C13H18O3.C6H12O3/c1-3-13(15,4-2)12(14)16-10-11-8-6-5-7-9-11;1-3-6(9,4-2)5(7)8/h5-9,15H,3-4,10H2,1-2H3;9H,3-4H2,1-2H3,(H,7,8). The van der Waals surface area contributed by atoms with E-state index in [4.69, 9.17) is 14.9 Å². The molecule has 142 valence electrons. The first-order valence-electron chi connectivity index (χ1n) is 8.58. The van der Waals surface area contributed by atoms with Crippen molar-refractivity contribution < 1.29 is 29.6 Å². The second-order valence-corrected chi connectivity index (χ2v) is 5.84. The summed E-state index contributed by atoms with van der Waals surface area (Å²) in [5.41, 5.74) is -1.92. The Bertz CT molecular complexity index is 518. The van der Waals surface area contributed by atoms with E-state index in [-0.39, 0.29) is 19.4 Å². The van der Waals surface area contributed by atoms with Gasteiger partial charge < -0.3 is 20.1 Å². The number of aliphatic hydroxyl groups is 2. The number of benzene rings is 1. The zero-order valence-electron chi connectivity index (χ0n) is 15.5. The van der Waals surface area contributed by atoms with Crippen LogP contribution in [0.4, 0.5) is 0 Å². The topological polar surface area (TPSA) is 104 Å². The molecule has 0 amide bonds. The maximum atomic E-state index is 11.6. The van der Waals surface area contributed by atoms with E-state index < -0.39 is 23.1 Å². The van der Waals surface area contributed by atoms with Gasteiger partial charge in [-0.05, 0) is 31.2 Å². The Balaban J connectivity index is 0.000000547. The van der Waals surface area contributed by atoms with Crippen LogP contribution in [0.2, 0.25) is 0 Å². The Kier molecular flexibility index (Phi) is 10.0. The molecule has 3 N–H and O–H groups in total. The number of esters is 1. The van der Waals surface area contributed by atoms with Crippen molar-refractivity contribution in [1.82, 2.24) is 0 Å². The van der Waals surface area contributed by atoms with Gasteiger partial charge in [0.25, 0.3) is 0 Å². The van der Waals surface area contributed by atoms with E-state index in [0.717, 1.165) is 5.56 Å². The van der Waals surface area contributed by atoms with Crippen molar-refractivity contribution in [3.63, 3.8) is 0 Å². The van der Waals surface area contributed by atoms with Gasteiger partial charge in [0.1, 0.15) is 6.61 Å². The van der Waals surface area contributed by atoms with Crippen LogP contribution in [-0.2, 0) is 20.9 Å². The predicted octanol–water partition coefficient (Wildman–Crippen LogP) is 2.90. The first-order valence-corrected chi connectivity index (χ1v) is 8.58. The maximum Gasteiger partial charge on any atom is 0.338 e. The van der Waals surface area contributed by atoms with Crippen molar-refractivity contribution in [1.29, 1.82) is 0 Å². The van der Waals surface area contributed by atoms with Gasteiger partial charge in [-0.15, -0.1) is 0 Å². The van der Waals surface area contributed by atoms with Crippen LogP contribution in [0.5, 0.6) is 0 Å². The molecule has 0 aliphatic carbocycles. The molecule has 0 aliphatic rings. The highest BCUT2D eigenvalue weighted by atomic mass is 16.5. The Labute approximate surface area is 149 Å². The summed E-state index contributed by atoms with van der Waals surface area (Å²) >= 11 is 0. The molecule has 0 bridgehead atoms. The van der Waals surface area contributed by atoms with Crippen molar-refractivity contribution in [2.45, 2.75) is 71.2 Å². The van der Waals surface area contributed by atoms with Gasteiger partial charge in [-0.1, -0.05) is 58.0 Å². The average Bonchev–Trinajstić information content (AvgIpc) is 2.65. The lowest BCUT2D eigenvalue weighted by Crippen LogP contribution is -2.38. The molecule has 0 saturated heterocycles. The van der Waals surface area contributed by atoms with E-state index >= 15 is 0 Å². The second kappa shape index (κ2) is 10.8. The highest BCUT2D eigenvalue weighted by Crippen LogP contribution is 2.17. The fourth-order valence-electron chi connectivity index (χ4n) is 1.95. The average molecular weight is 354 g/mol. The normalized spacial score (nSPS) is 11.3. The van der Waals surface area contributed by atoms with Crippen molar-refractivity contribution in [2.24, 2.45) is 0 Å². The van der Waals surface area contributed by atoms with Crippen LogP contribution in [0.15, 0.2) is 30.3 Å². The minimum absolute atomic E-state index is 0.210. The van der Waals surface area contributed by atoms with Crippen LogP contribution in [0, 0.1) is 0 Å². The number of carbonyl (C=O) groups excluding carboxylic acids is 1. The molecule has 0 fully saturated rings. The number of carboxylic acid groups (broad SMARTS) is 1. The molecule has 0 atom stereocenters. The van der Waals surface area contributed by atoms with Crippen LogP contribution in [0.3, 0.4) is 0 Å². The fourth-order valence-corrected chi connectivity index (χ4v) is 1.95. The Morgan fingerprint density at radius 2 is 1.32 bits per heavy atom. The molecular weight excluding hydrogens is 324 g/mol. The van der Waals surface area contributed by atoms with Gasteiger partial charge in [0.2, 0.25) is 0 Å². The van der Waals surface area contributed by atoms with Crippen LogP contribution < -0.4 is 0 Å². The molecule has 0 spiro atoms. The third kappa shape index (κ3) is 7.23. The highest BCUT2D eigenvalue weighted by molar-refractivity contribution is 5.79. The van der Waals surface area contributed by atoms with E-state index in [0.29, 0.717) is 12.8 Å². The molecule has 0 radical (unpaired) electrons. The SMILES string of the molecule is CCC(O)(CC)C(=O)O.CCC(O)(CC)C(=O)OCc1ccccc1. The van der Waals surface area contributed by atoms with Crippen molar-refractivity contribution in [3.05, 3.63) is 35.9 Å². The van der Waals surface area contributed by atoms with Gasteiger partial charge >= 0.3 is 11.9 Å². The van der Waals surface area contributed by atoms with Crippen LogP contribution in [0.25, 0.3) is 0 Å². The van der Waals surface area contributed by atoms with Gasteiger partial charge in [0.15, 0.2) is 11.2 Å². The molecule has 1 aromatic carbocycles. The van der Waals surface area contributed by atoms with Gasteiger partial charge in [-0.25, -0.2) is 9.59 Å². The summed E-state index contributed by atoms with van der Waals surface area (Å²) in [7, 11) is 0. The Morgan fingerprint density at radius 3 is 1.64 bits per heavy atom. The highest BCUT2D eigenvalue weighted by Gasteiger charge is 2.33. The summed E-state index contributed by atoms with van der Waals surface area (Å²) in [6.45, 7) is 7.05. The van der Waals surface area contributed by atoms with E-state index in [1.807, 2.05) is 30.3 Å². The van der Waals surface area contributed by atoms with E-state index in [1.165, 1.54) is 0 Å². The lowest BCUT2D eigenvalue weighted by Gasteiger charge is -2.22. The molecular formula is C19H30O6. The zero-order valence-corrected chi connectivity index (χ0v) is 15.5. The molecule has 1 aromatic rings. The van der Waals surface area contributed by atoms with Crippen LogP contribution in [0.1, 0.15) is 58.9 Å². The molecule has 25 heavy (non-hydrogen) atoms. The summed E-state index contributed by atoms with van der Waals surface area (Å²) in [4.78, 5) is 21.9. The number of carboxylic acids is 1. The molecule has 0 saturated carbocycles. The first kappa shape index (κ1) is 23.1. The summed E-state index contributed by atoms with van der Waals surface area (Å²) in [5.74, 6) is -1.67. The zero-order chi connectivity index (χ0) is 19.5. The molecule has 0 aliphatic heterocycles. The van der Waals surface area contributed by atoms with Gasteiger partial charge in [-0.3, -0.25) is 0 Å².